The lowest BCUT2D eigenvalue weighted by Gasteiger charge is -2.18. The number of hydrogen-bond acceptors (Lipinski definition) is 7. The van der Waals surface area contributed by atoms with Crippen molar-refractivity contribution < 1.29 is 28.7 Å². The van der Waals surface area contributed by atoms with Gasteiger partial charge in [-0.25, -0.2) is 9.59 Å². The number of ether oxygens (including phenoxy) is 2. The number of thiophene rings is 1. The lowest BCUT2D eigenvalue weighted by molar-refractivity contribution is 0.0457. The Bertz CT molecular complexity index is 914. The first kappa shape index (κ1) is 22.5. The second-order valence-electron chi connectivity index (χ2n) is 7.10. The summed E-state index contributed by atoms with van der Waals surface area (Å²) in [5, 5.41) is 5.65. The van der Waals surface area contributed by atoms with Crippen molar-refractivity contribution in [2.75, 3.05) is 13.2 Å². The second-order valence-corrected chi connectivity index (χ2v) is 8.18. The largest absolute Gasteiger partial charge is 0.459 e. The summed E-state index contributed by atoms with van der Waals surface area (Å²) in [6.07, 6.45) is 1.08. The molecule has 2 N–H and O–H groups in total. The first-order valence-electron chi connectivity index (χ1n) is 10.1. The first-order valence-corrected chi connectivity index (χ1v) is 10.9. The van der Waals surface area contributed by atoms with E-state index in [1.54, 1.807) is 18.2 Å². The number of fused-ring (bicyclic) bond motifs is 4. The van der Waals surface area contributed by atoms with Crippen molar-refractivity contribution in [1.82, 2.24) is 10.6 Å². The lowest BCUT2D eigenvalue weighted by atomic mass is 10.1. The summed E-state index contributed by atoms with van der Waals surface area (Å²) in [6, 6.07) is 8.53. The van der Waals surface area contributed by atoms with E-state index in [0.717, 1.165) is 11.3 Å². The van der Waals surface area contributed by atoms with Gasteiger partial charge in [0.2, 0.25) is 0 Å². The highest BCUT2D eigenvalue weighted by atomic mass is 32.1. The Hall–Kier alpha value is -3.20. The zero-order valence-corrected chi connectivity index (χ0v) is 18.1. The molecule has 164 valence electrons. The number of carbonyl (C=O) groups excluding carboxylic acids is 4. The third kappa shape index (κ3) is 5.69. The van der Waals surface area contributed by atoms with E-state index in [1.165, 1.54) is 18.2 Å². The summed E-state index contributed by atoms with van der Waals surface area (Å²) in [6.45, 7) is 3.69. The van der Waals surface area contributed by atoms with Crippen molar-refractivity contribution >= 4 is 35.1 Å². The Balaban J connectivity index is 1.88. The molecule has 4 bridgehead atoms. The molecule has 31 heavy (non-hydrogen) atoms. The maximum absolute atomic E-state index is 12.6. The minimum absolute atomic E-state index is 0.0168. The molecule has 2 atom stereocenters. The number of rotatable bonds is 2. The SMILES string of the molecule is CC[C@@H]1COC(=O)c2ccc(s2)C(=O)OC[C@@H](CC)NC(=O)c2cccc(c2)C(=O)N1. The monoisotopic (exact) mass is 444 g/mol. The average Bonchev–Trinajstić information content (AvgIpc) is 3.28. The normalized spacial score (nSPS) is 20.6. The molecule has 0 aliphatic carbocycles. The molecular weight excluding hydrogens is 420 g/mol. The maximum Gasteiger partial charge on any atom is 0.348 e. The van der Waals surface area contributed by atoms with Crippen molar-refractivity contribution in [3.8, 4) is 0 Å². The molecule has 2 amide bonds. The Morgan fingerprint density at radius 3 is 1.68 bits per heavy atom. The van der Waals surface area contributed by atoms with Gasteiger partial charge in [0.15, 0.2) is 0 Å². The topological polar surface area (TPSA) is 111 Å². The molecule has 9 heteroatoms. The van der Waals surface area contributed by atoms with Gasteiger partial charge in [-0.05, 0) is 43.2 Å². The molecule has 0 fully saturated rings. The van der Waals surface area contributed by atoms with E-state index in [1.807, 2.05) is 13.8 Å². The van der Waals surface area contributed by atoms with E-state index < -0.39 is 24.0 Å². The summed E-state index contributed by atoms with van der Waals surface area (Å²) < 4.78 is 10.6. The number of nitrogens with one attached hydrogen (secondary N) is 2. The molecule has 0 saturated carbocycles. The minimum Gasteiger partial charge on any atom is -0.459 e. The number of esters is 2. The molecule has 0 spiro atoms. The molecule has 3 rings (SSSR count). The predicted molar refractivity (Wildman–Crippen MR) is 114 cm³/mol. The van der Waals surface area contributed by atoms with E-state index in [-0.39, 0.29) is 34.8 Å². The standard InChI is InChI=1S/C22H24N2O6S/c1-3-15-11-29-21(27)17-8-9-18(31-17)22(28)30-12-16(4-2)24-20(26)14-7-5-6-13(10-14)19(25)23-15/h5-10,15-16H,3-4,11-12H2,1-2H3,(H,23,25)(H,24,26)/t15-,16-/m1/s1. The molecule has 1 aromatic carbocycles. The van der Waals surface area contributed by atoms with Crippen LogP contribution in [-0.2, 0) is 9.47 Å². The van der Waals surface area contributed by atoms with Gasteiger partial charge < -0.3 is 20.1 Å². The number of hydrogen-bond donors (Lipinski definition) is 2. The van der Waals surface area contributed by atoms with Crippen LogP contribution < -0.4 is 10.6 Å². The number of carbonyl (C=O) groups is 4. The van der Waals surface area contributed by atoms with Crippen LogP contribution in [-0.4, -0.2) is 49.1 Å². The molecule has 0 unspecified atom stereocenters. The van der Waals surface area contributed by atoms with E-state index >= 15 is 0 Å². The van der Waals surface area contributed by atoms with Crippen LogP contribution in [0.2, 0.25) is 0 Å². The number of cyclic esters (lactones) is 2. The zero-order chi connectivity index (χ0) is 22.4. The van der Waals surface area contributed by atoms with Gasteiger partial charge in [0, 0.05) is 11.1 Å². The Morgan fingerprint density at radius 1 is 0.806 bits per heavy atom. The van der Waals surface area contributed by atoms with Crippen molar-refractivity contribution in [2.24, 2.45) is 0 Å². The van der Waals surface area contributed by atoms with Gasteiger partial charge in [0.1, 0.15) is 23.0 Å². The van der Waals surface area contributed by atoms with Crippen LogP contribution in [0.15, 0.2) is 36.4 Å². The lowest BCUT2D eigenvalue weighted by Crippen LogP contribution is -2.39. The van der Waals surface area contributed by atoms with Crippen molar-refractivity contribution in [1.29, 1.82) is 0 Å². The predicted octanol–water partition coefficient (Wildman–Crippen LogP) is 2.79. The third-order valence-corrected chi connectivity index (χ3v) is 5.93. The van der Waals surface area contributed by atoms with Crippen molar-refractivity contribution in [3.05, 3.63) is 57.3 Å². The summed E-state index contributed by atoms with van der Waals surface area (Å²) in [7, 11) is 0. The highest BCUT2D eigenvalue weighted by molar-refractivity contribution is 7.15. The third-order valence-electron chi connectivity index (χ3n) is 4.88. The first-order chi connectivity index (χ1) is 14.9. The Labute approximate surface area is 183 Å². The van der Waals surface area contributed by atoms with Gasteiger partial charge in [-0.2, -0.15) is 0 Å². The highest BCUT2D eigenvalue weighted by Crippen LogP contribution is 2.19. The quantitative estimate of drug-likeness (QED) is 0.689. The van der Waals surface area contributed by atoms with Gasteiger partial charge in [0.25, 0.3) is 11.8 Å². The minimum atomic E-state index is -0.571. The fourth-order valence-electron chi connectivity index (χ4n) is 2.91. The van der Waals surface area contributed by atoms with Crippen LogP contribution in [0.25, 0.3) is 0 Å². The van der Waals surface area contributed by atoms with Gasteiger partial charge >= 0.3 is 11.9 Å². The Kier molecular flexibility index (Phi) is 7.41. The van der Waals surface area contributed by atoms with Crippen molar-refractivity contribution in [3.63, 3.8) is 0 Å². The van der Waals surface area contributed by atoms with Gasteiger partial charge in [-0.15, -0.1) is 11.3 Å². The molecule has 0 saturated heterocycles. The zero-order valence-electron chi connectivity index (χ0n) is 17.3. The molecule has 1 aliphatic heterocycles. The van der Waals surface area contributed by atoms with E-state index in [9.17, 15) is 19.2 Å². The fraction of sp³-hybridized carbons (Fsp3) is 0.364. The van der Waals surface area contributed by atoms with Gasteiger partial charge in [0.05, 0.1) is 12.1 Å². The fourth-order valence-corrected chi connectivity index (χ4v) is 3.71. The maximum atomic E-state index is 12.6. The van der Waals surface area contributed by atoms with E-state index in [4.69, 9.17) is 9.47 Å². The molecule has 2 aromatic rings. The van der Waals surface area contributed by atoms with Crippen LogP contribution in [0, 0.1) is 0 Å². The molecule has 1 aromatic heterocycles. The van der Waals surface area contributed by atoms with E-state index in [0.29, 0.717) is 24.0 Å². The van der Waals surface area contributed by atoms with Crippen LogP contribution in [0.1, 0.15) is 66.7 Å². The van der Waals surface area contributed by atoms with Crippen LogP contribution in [0.4, 0.5) is 0 Å². The van der Waals surface area contributed by atoms with Crippen LogP contribution >= 0.6 is 11.3 Å². The highest BCUT2D eigenvalue weighted by Gasteiger charge is 2.21. The van der Waals surface area contributed by atoms with E-state index in [2.05, 4.69) is 10.6 Å². The van der Waals surface area contributed by atoms with Gasteiger partial charge in [-0.1, -0.05) is 19.9 Å². The summed E-state index contributed by atoms with van der Waals surface area (Å²) in [5.41, 5.74) is 0.641. The molecule has 0 radical (unpaired) electrons. The van der Waals surface area contributed by atoms with Crippen LogP contribution in [0.5, 0.6) is 0 Å². The molecule has 8 nitrogen and oxygen atoms in total. The molecular formula is C22H24N2O6S. The average molecular weight is 445 g/mol. The Morgan fingerprint density at radius 2 is 1.26 bits per heavy atom. The summed E-state index contributed by atoms with van der Waals surface area (Å²) in [4.78, 5) is 50.5. The smallest absolute Gasteiger partial charge is 0.348 e. The van der Waals surface area contributed by atoms with Crippen molar-refractivity contribution in [2.45, 2.75) is 38.8 Å². The molecule has 1 aliphatic rings. The van der Waals surface area contributed by atoms with Gasteiger partial charge in [-0.3, -0.25) is 9.59 Å². The summed E-state index contributed by atoms with van der Waals surface area (Å²) in [5.74, 6) is -1.87. The van der Waals surface area contributed by atoms with Crippen LogP contribution in [0.3, 0.4) is 0 Å². The number of benzene rings is 1. The number of amides is 2. The second kappa shape index (κ2) is 10.2. The molecule has 2 heterocycles. The summed E-state index contributed by atoms with van der Waals surface area (Å²) >= 11 is 0.974.